The topological polar surface area (TPSA) is 67.0 Å². The second-order valence-corrected chi connectivity index (χ2v) is 5.01. The summed E-state index contributed by atoms with van der Waals surface area (Å²) in [6.45, 7) is 11.3. The number of hydrogen-bond acceptors (Lipinski definition) is 4. The fourth-order valence-corrected chi connectivity index (χ4v) is 2.23. The van der Waals surface area contributed by atoms with Crippen LogP contribution >= 0.6 is 0 Å². The average molecular weight is 258 g/mol. The maximum absolute atomic E-state index is 3.93. The molecule has 0 aromatic heterocycles. The van der Waals surface area contributed by atoms with Crippen LogP contribution in [0.5, 0.6) is 0 Å². The van der Waals surface area contributed by atoms with E-state index in [1.807, 2.05) is 0 Å². The van der Waals surface area contributed by atoms with Gasteiger partial charge in [-0.1, -0.05) is 0 Å². The smallest absolute Gasteiger partial charge is 0.0752 e. The Morgan fingerprint density at radius 3 is 2.17 bits per heavy atom. The monoisotopic (exact) mass is 258 g/mol. The van der Waals surface area contributed by atoms with Crippen molar-refractivity contribution in [2.24, 2.45) is 0 Å². The van der Waals surface area contributed by atoms with E-state index in [1.54, 1.807) is 0 Å². The van der Waals surface area contributed by atoms with Crippen molar-refractivity contribution in [1.82, 2.24) is 20.9 Å². The fraction of sp³-hybridized carbons (Fsp3) is 1.00. The molecule has 5 heteroatoms. The van der Waals surface area contributed by atoms with E-state index in [0.29, 0.717) is 0 Å². The molecule has 0 aromatic carbocycles. The van der Waals surface area contributed by atoms with Crippen LogP contribution in [0.3, 0.4) is 0 Å². The second kappa shape index (κ2) is 11.9. The third-order valence-corrected chi connectivity index (χ3v) is 3.34. The standard InChI is InChI=1S/C13H31N5/c14-4-1-11-18-12-3-7-16-9-8-15-5-2-6-17-10-13-18/h15-17H,1-14H2/p+1. The molecule has 0 amide bonds. The largest absolute Gasteiger partial charge is 0.358 e. The molecule has 0 aliphatic carbocycles. The Morgan fingerprint density at radius 2 is 1.44 bits per heavy atom. The summed E-state index contributed by atoms with van der Waals surface area (Å²) in [5.41, 5.74) is 3.93. The maximum Gasteiger partial charge on any atom is 0.0752 e. The normalized spacial score (nSPS) is 22.5. The summed E-state index contributed by atoms with van der Waals surface area (Å²) in [7, 11) is 0. The van der Waals surface area contributed by atoms with Crippen LogP contribution < -0.4 is 21.7 Å². The zero-order valence-corrected chi connectivity index (χ0v) is 11.8. The molecule has 18 heavy (non-hydrogen) atoms. The Hall–Kier alpha value is -0.200. The Kier molecular flexibility index (Phi) is 10.5. The molecular formula is C13H32N5+. The SMILES string of the molecule is [NH3+]CCCN1CCCNCCNCCCNCC1. The minimum absolute atomic E-state index is 1.05. The molecule has 6 N–H and O–H groups in total. The third kappa shape index (κ3) is 8.83. The minimum atomic E-state index is 1.05. The molecule has 0 radical (unpaired) electrons. The zero-order valence-electron chi connectivity index (χ0n) is 11.8. The highest BCUT2D eigenvalue weighted by molar-refractivity contribution is 4.63. The van der Waals surface area contributed by atoms with Gasteiger partial charge in [-0.05, 0) is 39.0 Å². The quantitative estimate of drug-likeness (QED) is 0.497. The maximum atomic E-state index is 3.93. The number of nitrogens with one attached hydrogen (secondary N) is 3. The molecule has 1 fully saturated rings. The van der Waals surface area contributed by atoms with Gasteiger partial charge in [0, 0.05) is 39.1 Å². The first-order chi connectivity index (χ1) is 8.93. The lowest BCUT2D eigenvalue weighted by molar-refractivity contribution is -0.368. The van der Waals surface area contributed by atoms with Gasteiger partial charge in [0.05, 0.1) is 6.54 Å². The van der Waals surface area contributed by atoms with E-state index in [2.05, 4.69) is 26.6 Å². The third-order valence-electron chi connectivity index (χ3n) is 3.34. The van der Waals surface area contributed by atoms with Crippen molar-refractivity contribution < 1.29 is 5.73 Å². The van der Waals surface area contributed by atoms with Crippen molar-refractivity contribution in [2.75, 3.05) is 65.4 Å². The van der Waals surface area contributed by atoms with Crippen molar-refractivity contribution in [3.8, 4) is 0 Å². The summed E-state index contributed by atoms with van der Waals surface area (Å²) in [5.74, 6) is 0. The molecule has 1 aliphatic heterocycles. The first-order valence-electron chi connectivity index (χ1n) is 7.57. The van der Waals surface area contributed by atoms with Gasteiger partial charge in [0.2, 0.25) is 0 Å². The van der Waals surface area contributed by atoms with E-state index in [9.17, 15) is 0 Å². The van der Waals surface area contributed by atoms with Gasteiger partial charge in [0.1, 0.15) is 0 Å². The molecule has 1 saturated heterocycles. The van der Waals surface area contributed by atoms with Crippen LogP contribution in [0.1, 0.15) is 19.3 Å². The molecule has 5 nitrogen and oxygen atoms in total. The highest BCUT2D eigenvalue weighted by Gasteiger charge is 2.04. The molecule has 0 unspecified atom stereocenters. The number of quaternary nitrogens is 1. The van der Waals surface area contributed by atoms with Gasteiger partial charge in [-0.2, -0.15) is 0 Å². The van der Waals surface area contributed by atoms with Crippen LogP contribution in [-0.4, -0.2) is 70.3 Å². The van der Waals surface area contributed by atoms with Crippen molar-refractivity contribution in [2.45, 2.75) is 19.3 Å². The highest BCUT2D eigenvalue weighted by Crippen LogP contribution is 1.93. The summed E-state index contributed by atoms with van der Waals surface area (Å²) in [5, 5.41) is 10.5. The van der Waals surface area contributed by atoms with Crippen molar-refractivity contribution in [3.05, 3.63) is 0 Å². The van der Waals surface area contributed by atoms with Crippen molar-refractivity contribution in [3.63, 3.8) is 0 Å². The lowest BCUT2D eigenvalue weighted by Crippen LogP contribution is -2.51. The van der Waals surface area contributed by atoms with Gasteiger partial charge < -0.3 is 26.6 Å². The lowest BCUT2D eigenvalue weighted by atomic mass is 10.3. The van der Waals surface area contributed by atoms with Crippen LogP contribution in [-0.2, 0) is 0 Å². The van der Waals surface area contributed by atoms with Crippen LogP contribution in [0.25, 0.3) is 0 Å². The van der Waals surface area contributed by atoms with Crippen LogP contribution in [0.4, 0.5) is 0 Å². The van der Waals surface area contributed by atoms with Gasteiger partial charge in [-0.3, -0.25) is 0 Å². The van der Waals surface area contributed by atoms with E-state index in [0.717, 1.165) is 45.8 Å². The molecule has 0 spiro atoms. The summed E-state index contributed by atoms with van der Waals surface area (Å²) in [4.78, 5) is 2.57. The molecule has 0 saturated carbocycles. The van der Waals surface area contributed by atoms with Crippen LogP contribution in [0.15, 0.2) is 0 Å². The molecular weight excluding hydrogens is 226 g/mol. The Bertz CT molecular complexity index is 163. The highest BCUT2D eigenvalue weighted by atomic mass is 15.1. The van der Waals surface area contributed by atoms with Crippen molar-refractivity contribution >= 4 is 0 Å². The Morgan fingerprint density at radius 1 is 0.778 bits per heavy atom. The van der Waals surface area contributed by atoms with Gasteiger partial charge in [0.15, 0.2) is 0 Å². The first-order valence-corrected chi connectivity index (χ1v) is 7.57. The minimum Gasteiger partial charge on any atom is -0.358 e. The molecule has 108 valence electrons. The number of nitrogens with zero attached hydrogens (tertiary/aromatic N) is 1. The first kappa shape index (κ1) is 15.9. The van der Waals surface area contributed by atoms with E-state index in [4.69, 9.17) is 0 Å². The fourth-order valence-electron chi connectivity index (χ4n) is 2.23. The summed E-state index contributed by atoms with van der Waals surface area (Å²) < 4.78 is 0. The lowest BCUT2D eigenvalue weighted by Gasteiger charge is -2.22. The van der Waals surface area contributed by atoms with E-state index in [-0.39, 0.29) is 0 Å². The van der Waals surface area contributed by atoms with Gasteiger partial charge in [-0.15, -0.1) is 0 Å². The summed E-state index contributed by atoms with van der Waals surface area (Å²) in [6.07, 6.45) is 3.69. The molecule has 1 aliphatic rings. The average Bonchev–Trinajstić information content (AvgIpc) is 2.39. The van der Waals surface area contributed by atoms with Gasteiger partial charge in [-0.25, -0.2) is 0 Å². The summed E-state index contributed by atoms with van der Waals surface area (Å²) >= 11 is 0. The van der Waals surface area contributed by atoms with E-state index >= 15 is 0 Å². The van der Waals surface area contributed by atoms with E-state index in [1.165, 1.54) is 38.9 Å². The second-order valence-electron chi connectivity index (χ2n) is 5.01. The summed E-state index contributed by atoms with van der Waals surface area (Å²) in [6, 6.07) is 0. The van der Waals surface area contributed by atoms with Crippen molar-refractivity contribution in [1.29, 1.82) is 0 Å². The van der Waals surface area contributed by atoms with Crippen LogP contribution in [0.2, 0.25) is 0 Å². The molecule has 1 rings (SSSR count). The Labute approximate surface area is 112 Å². The van der Waals surface area contributed by atoms with Gasteiger partial charge in [0.25, 0.3) is 0 Å². The number of hydrogen-bond donors (Lipinski definition) is 4. The molecule has 0 atom stereocenters. The van der Waals surface area contributed by atoms with Gasteiger partial charge >= 0.3 is 0 Å². The molecule has 1 heterocycles. The predicted octanol–water partition coefficient (Wildman–Crippen LogP) is -1.52. The number of rotatable bonds is 3. The van der Waals surface area contributed by atoms with E-state index < -0.39 is 0 Å². The molecule has 0 bridgehead atoms. The predicted molar refractivity (Wildman–Crippen MR) is 76.7 cm³/mol. The van der Waals surface area contributed by atoms with Crippen LogP contribution in [0, 0.1) is 0 Å². The Balaban J connectivity index is 2.20. The zero-order chi connectivity index (χ0) is 12.9. The molecule has 0 aromatic rings.